The maximum atomic E-state index is 13.5. The predicted molar refractivity (Wildman–Crippen MR) is 121 cm³/mol. The Hall–Kier alpha value is -3.52. The van der Waals surface area contributed by atoms with Gasteiger partial charge in [-0.3, -0.25) is 4.79 Å². The Morgan fingerprint density at radius 3 is 2.52 bits per heavy atom. The number of thiophene rings is 1. The molecule has 0 saturated carbocycles. The molecule has 4 aromatic rings. The van der Waals surface area contributed by atoms with Crippen molar-refractivity contribution >= 4 is 28.6 Å². The lowest BCUT2D eigenvalue weighted by molar-refractivity contribution is 0.0976. The molecule has 1 amide bonds. The van der Waals surface area contributed by atoms with Crippen LogP contribution in [0.2, 0.25) is 0 Å². The summed E-state index contributed by atoms with van der Waals surface area (Å²) >= 11 is 1.51. The molecule has 3 heterocycles. The molecular weight excluding hydrogens is 413 g/mol. The van der Waals surface area contributed by atoms with Gasteiger partial charge in [0.1, 0.15) is 5.82 Å². The van der Waals surface area contributed by atoms with Gasteiger partial charge >= 0.3 is 0 Å². The number of rotatable bonds is 4. The largest absolute Gasteiger partial charge is 0.368 e. The van der Waals surface area contributed by atoms with Crippen LogP contribution < -0.4 is 9.80 Å². The Morgan fingerprint density at radius 1 is 1.03 bits per heavy atom. The Morgan fingerprint density at radius 2 is 1.81 bits per heavy atom. The summed E-state index contributed by atoms with van der Waals surface area (Å²) in [5.41, 5.74) is 2.53. The first-order valence-electron chi connectivity index (χ1n) is 10.1. The van der Waals surface area contributed by atoms with Crippen molar-refractivity contribution in [2.75, 3.05) is 29.4 Å². The Bertz CT molecular complexity index is 1220. The number of carbonyl (C=O) groups excluding carboxylic acids is 1. The molecule has 5 rings (SSSR count). The summed E-state index contributed by atoms with van der Waals surface area (Å²) in [7, 11) is 0. The molecule has 1 aliphatic heterocycles. The van der Waals surface area contributed by atoms with Gasteiger partial charge in [-0.05, 0) is 54.8 Å². The minimum Gasteiger partial charge on any atom is -0.368 e. The lowest BCUT2D eigenvalue weighted by Crippen LogP contribution is -2.44. The van der Waals surface area contributed by atoms with Crippen molar-refractivity contribution in [3.63, 3.8) is 0 Å². The maximum absolute atomic E-state index is 13.5. The molecule has 0 aliphatic carbocycles. The van der Waals surface area contributed by atoms with Gasteiger partial charge in [-0.2, -0.15) is 0 Å². The summed E-state index contributed by atoms with van der Waals surface area (Å²) in [6.07, 6.45) is 0. The third-order valence-electron chi connectivity index (χ3n) is 5.34. The molecule has 31 heavy (non-hydrogen) atoms. The van der Waals surface area contributed by atoms with Gasteiger partial charge < -0.3 is 9.80 Å². The van der Waals surface area contributed by atoms with Gasteiger partial charge in [-0.25, -0.2) is 14.1 Å². The molecular formula is C23H20FN5OS. The molecule has 0 bridgehead atoms. The van der Waals surface area contributed by atoms with Crippen LogP contribution in [0.4, 0.5) is 15.8 Å². The van der Waals surface area contributed by atoms with E-state index in [1.807, 2.05) is 41.8 Å². The Kier molecular flexibility index (Phi) is 4.99. The zero-order chi connectivity index (χ0) is 21.4. The highest BCUT2D eigenvalue weighted by molar-refractivity contribution is 7.13. The van der Waals surface area contributed by atoms with Gasteiger partial charge in [0, 0.05) is 19.6 Å². The first-order chi connectivity index (χ1) is 15.2. The van der Waals surface area contributed by atoms with Crippen LogP contribution in [0.3, 0.4) is 0 Å². The van der Waals surface area contributed by atoms with Crippen molar-refractivity contribution in [2.24, 2.45) is 0 Å². The van der Waals surface area contributed by atoms with Crippen LogP contribution in [0.5, 0.6) is 0 Å². The lowest BCUT2D eigenvalue weighted by atomic mass is 10.1. The van der Waals surface area contributed by atoms with Crippen LogP contribution in [-0.4, -0.2) is 40.3 Å². The highest BCUT2D eigenvalue weighted by atomic mass is 32.1. The van der Waals surface area contributed by atoms with E-state index in [1.165, 1.54) is 23.5 Å². The van der Waals surface area contributed by atoms with Crippen LogP contribution in [0, 0.1) is 5.82 Å². The third-order valence-corrected chi connectivity index (χ3v) is 6.21. The summed E-state index contributed by atoms with van der Waals surface area (Å²) in [5, 5.41) is 6.48. The minimum atomic E-state index is -0.330. The molecule has 8 heteroatoms. The second kappa shape index (κ2) is 7.96. The standard InChI is InChI=1S/C23H20FN5OS/c1-2-27-13-14-28(19-7-4-3-6-18(19)27)23(30)21-25-22(20-8-5-15-31-20)29(26-21)17-11-9-16(24)10-12-17/h3-12,15H,2,13-14H2,1H3. The summed E-state index contributed by atoms with van der Waals surface area (Å²) < 4.78 is 15.1. The quantitative estimate of drug-likeness (QED) is 0.471. The Labute approximate surface area is 183 Å². The van der Waals surface area contributed by atoms with E-state index in [0.29, 0.717) is 18.1 Å². The van der Waals surface area contributed by atoms with Crippen molar-refractivity contribution in [1.82, 2.24) is 14.8 Å². The monoisotopic (exact) mass is 433 g/mol. The number of para-hydroxylation sites is 2. The molecule has 0 radical (unpaired) electrons. The van der Waals surface area contributed by atoms with E-state index in [-0.39, 0.29) is 17.5 Å². The molecule has 1 aliphatic rings. The molecule has 0 unspecified atom stereocenters. The van der Waals surface area contributed by atoms with Crippen molar-refractivity contribution in [3.8, 4) is 16.4 Å². The van der Waals surface area contributed by atoms with Crippen molar-refractivity contribution in [1.29, 1.82) is 0 Å². The second-order valence-electron chi connectivity index (χ2n) is 7.15. The zero-order valence-electron chi connectivity index (χ0n) is 16.9. The van der Waals surface area contributed by atoms with Gasteiger partial charge in [0.2, 0.25) is 5.82 Å². The average Bonchev–Trinajstić information content (AvgIpc) is 3.48. The summed E-state index contributed by atoms with van der Waals surface area (Å²) in [6.45, 7) is 4.28. The number of hydrogen-bond acceptors (Lipinski definition) is 5. The van der Waals surface area contributed by atoms with Crippen molar-refractivity contribution in [3.05, 3.63) is 77.7 Å². The van der Waals surface area contributed by atoms with E-state index in [2.05, 4.69) is 21.9 Å². The van der Waals surface area contributed by atoms with Gasteiger partial charge in [-0.1, -0.05) is 18.2 Å². The minimum absolute atomic E-state index is 0.118. The Balaban J connectivity index is 1.57. The number of halogens is 1. The second-order valence-corrected chi connectivity index (χ2v) is 8.10. The zero-order valence-corrected chi connectivity index (χ0v) is 17.7. The average molecular weight is 434 g/mol. The molecule has 6 nitrogen and oxygen atoms in total. The number of fused-ring (bicyclic) bond motifs is 1. The molecule has 0 fully saturated rings. The number of nitrogens with zero attached hydrogens (tertiary/aromatic N) is 5. The van der Waals surface area contributed by atoms with Gasteiger partial charge in [-0.15, -0.1) is 16.4 Å². The van der Waals surface area contributed by atoms with Crippen LogP contribution in [-0.2, 0) is 0 Å². The van der Waals surface area contributed by atoms with Crippen LogP contribution in [0.25, 0.3) is 16.4 Å². The number of benzene rings is 2. The van der Waals surface area contributed by atoms with E-state index < -0.39 is 0 Å². The predicted octanol–water partition coefficient (Wildman–Crippen LogP) is 4.62. The fraction of sp³-hybridized carbons (Fsp3) is 0.174. The van der Waals surface area contributed by atoms with E-state index >= 15 is 0 Å². The van der Waals surface area contributed by atoms with Crippen molar-refractivity contribution < 1.29 is 9.18 Å². The number of hydrogen-bond donors (Lipinski definition) is 0. The molecule has 2 aromatic carbocycles. The first kappa shape index (κ1) is 19.4. The molecule has 156 valence electrons. The number of likely N-dealkylation sites (N-methyl/N-ethyl adjacent to an activating group) is 1. The van der Waals surface area contributed by atoms with Crippen LogP contribution in [0.1, 0.15) is 17.5 Å². The maximum Gasteiger partial charge on any atom is 0.298 e. The summed E-state index contributed by atoms with van der Waals surface area (Å²) in [5.74, 6) is 0.100. The smallest absolute Gasteiger partial charge is 0.298 e. The number of amides is 1. The molecule has 2 aromatic heterocycles. The summed E-state index contributed by atoms with van der Waals surface area (Å²) in [4.78, 5) is 23.0. The fourth-order valence-electron chi connectivity index (χ4n) is 3.81. The normalized spacial score (nSPS) is 13.4. The van der Waals surface area contributed by atoms with Crippen molar-refractivity contribution in [2.45, 2.75) is 6.92 Å². The van der Waals surface area contributed by atoms with E-state index in [4.69, 9.17) is 0 Å². The van der Waals surface area contributed by atoms with Gasteiger partial charge in [0.15, 0.2) is 5.82 Å². The van der Waals surface area contributed by atoms with Gasteiger partial charge in [0.05, 0.1) is 21.9 Å². The van der Waals surface area contributed by atoms with Crippen LogP contribution in [0.15, 0.2) is 66.0 Å². The highest BCUT2D eigenvalue weighted by Gasteiger charge is 2.30. The SMILES string of the molecule is CCN1CCN(C(=O)c2nc(-c3cccs3)n(-c3ccc(F)cc3)n2)c2ccccc21. The van der Waals surface area contributed by atoms with E-state index in [0.717, 1.165) is 29.3 Å². The molecule has 0 N–H and O–H groups in total. The van der Waals surface area contributed by atoms with Crippen LogP contribution >= 0.6 is 11.3 Å². The molecule has 0 atom stereocenters. The van der Waals surface area contributed by atoms with E-state index in [9.17, 15) is 9.18 Å². The molecule has 0 saturated heterocycles. The highest BCUT2D eigenvalue weighted by Crippen LogP contribution is 2.34. The van der Waals surface area contributed by atoms with E-state index in [1.54, 1.807) is 21.7 Å². The fourth-order valence-corrected chi connectivity index (χ4v) is 4.51. The summed E-state index contributed by atoms with van der Waals surface area (Å²) in [6, 6.07) is 17.7. The number of aromatic nitrogens is 3. The molecule has 0 spiro atoms. The number of anilines is 2. The third kappa shape index (κ3) is 3.48. The lowest BCUT2D eigenvalue weighted by Gasteiger charge is -2.36. The first-order valence-corrected chi connectivity index (χ1v) is 11.0. The van der Waals surface area contributed by atoms with Gasteiger partial charge in [0.25, 0.3) is 5.91 Å². The topological polar surface area (TPSA) is 54.3 Å². The number of carbonyl (C=O) groups is 1.